The Morgan fingerprint density at radius 1 is 1.30 bits per heavy atom. The fourth-order valence-corrected chi connectivity index (χ4v) is 2.08. The van der Waals surface area contributed by atoms with E-state index in [1.165, 1.54) is 7.11 Å². The highest BCUT2D eigenvalue weighted by atomic mass is 35.6. The average molecular weight is 401 g/mol. The topological polar surface area (TPSA) is 71.6 Å². The Bertz CT molecular complexity index is 555. The summed E-state index contributed by atoms with van der Waals surface area (Å²) in [7, 11) is 1.53. The van der Waals surface area contributed by atoms with Crippen LogP contribution in [0.2, 0.25) is 0 Å². The first-order chi connectivity index (χ1) is 10.8. The molecule has 1 aromatic rings. The van der Waals surface area contributed by atoms with Crippen molar-refractivity contribution in [1.29, 1.82) is 0 Å². The molecule has 0 aromatic heterocycles. The summed E-state index contributed by atoms with van der Waals surface area (Å²) in [5.74, 6) is 0.584. The number of benzene rings is 1. The number of halogens is 3. The van der Waals surface area contributed by atoms with Crippen LogP contribution >= 0.6 is 47.0 Å². The van der Waals surface area contributed by atoms with Crippen molar-refractivity contribution in [3.05, 3.63) is 24.3 Å². The maximum absolute atomic E-state index is 11.5. The van der Waals surface area contributed by atoms with Gasteiger partial charge in [-0.25, -0.2) is 4.79 Å². The Labute approximate surface area is 154 Å². The minimum absolute atomic E-state index is 0.127. The highest BCUT2D eigenvalue weighted by Gasteiger charge is 2.35. The van der Waals surface area contributed by atoms with Crippen molar-refractivity contribution in [3.8, 4) is 5.75 Å². The van der Waals surface area contributed by atoms with Crippen molar-refractivity contribution in [2.24, 2.45) is 0 Å². The lowest BCUT2D eigenvalue weighted by Gasteiger charge is -2.27. The number of methoxy groups -OCH3 is 1. The van der Waals surface area contributed by atoms with Gasteiger partial charge >= 0.3 is 6.09 Å². The zero-order valence-electron chi connectivity index (χ0n) is 12.4. The lowest BCUT2D eigenvalue weighted by molar-refractivity contribution is 0.147. The van der Waals surface area contributed by atoms with E-state index in [-0.39, 0.29) is 11.7 Å². The normalized spacial score (nSPS) is 12.0. The number of thiocarbonyl (C=S) groups is 1. The molecule has 0 unspecified atom stereocenters. The van der Waals surface area contributed by atoms with Crippen LogP contribution in [0.15, 0.2) is 24.3 Å². The van der Waals surface area contributed by atoms with E-state index in [9.17, 15) is 4.79 Å². The van der Waals surface area contributed by atoms with Crippen molar-refractivity contribution in [2.45, 2.75) is 16.9 Å². The molecule has 1 rings (SSSR count). The molecule has 0 saturated carbocycles. The molecule has 0 heterocycles. The molecule has 1 aromatic carbocycles. The zero-order valence-corrected chi connectivity index (χ0v) is 15.4. The number of hydrogen-bond acceptors (Lipinski definition) is 4. The summed E-state index contributed by atoms with van der Waals surface area (Å²) < 4.78 is 8.10. The number of amides is 1. The molecule has 0 fully saturated rings. The number of alkyl carbamates (subject to hydrolysis) is 1. The lowest BCUT2D eigenvalue weighted by Crippen LogP contribution is -2.56. The smallest absolute Gasteiger partial charge is 0.408 e. The Hall–Kier alpha value is -1.15. The SMILES string of the molecule is CCOC(=O)N[C@@H](NC(=S)Nc1ccccc1OC)C(Cl)(Cl)Cl. The largest absolute Gasteiger partial charge is 0.495 e. The molecule has 0 aliphatic carbocycles. The van der Waals surface area contributed by atoms with Crippen LogP contribution in [0.3, 0.4) is 0 Å². The Morgan fingerprint density at radius 2 is 1.96 bits per heavy atom. The van der Waals surface area contributed by atoms with Crippen LogP contribution in [0.1, 0.15) is 6.92 Å². The predicted molar refractivity (Wildman–Crippen MR) is 96.6 cm³/mol. The molecule has 0 bridgehead atoms. The predicted octanol–water partition coefficient (Wildman–Crippen LogP) is 3.42. The molecule has 10 heteroatoms. The first-order valence-electron chi connectivity index (χ1n) is 6.48. The number of anilines is 1. The number of carbonyl (C=O) groups excluding carboxylic acids is 1. The third-order valence-corrected chi connectivity index (χ3v) is 3.37. The summed E-state index contributed by atoms with van der Waals surface area (Å²) in [5.41, 5.74) is 0.617. The summed E-state index contributed by atoms with van der Waals surface area (Å²) in [5, 5.41) is 8.10. The highest BCUT2D eigenvalue weighted by Crippen LogP contribution is 2.29. The second-order valence-corrected chi connectivity index (χ2v) is 6.92. The molecule has 23 heavy (non-hydrogen) atoms. The molecule has 0 aliphatic heterocycles. The Balaban J connectivity index is 2.75. The molecule has 0 saturated heterocycles. The van der Waals surface area contributed by atoms with E-state index >= 15 is 0 Å². The van der Waals surface area contributed by atoms with E-state index < -0.39 is 16.1 Å². The number of nitrogens with one attached hydrogen (secondary N) is 3. The average Bonchev–Trinajstić information content (AvgIpc) is 2.46. The number of hydrogen-bond donors (Lipinski definition) is 3. The van der Waals surface area contributed by atoms with E-state index in [4.69, 9.17) is 56.5 Å². The fraction of sp³-hybridized carbons (Fsp3) is 0.385. The van der Waals surface area contributed by atoms with Crippen molar-refractivity contribution >= 4 is 63.9 Å². The van der Waals surface area contributed by atoms with Crippen LogP contribution in [-0.2, 0) is 4.74 Å². The van der Waals surface area contributed by atoms with E-state index in [0.717, 1.165) is 0 Å². The van der Waals surface area contributed by atoms with Crippen molar-refractivity contribution in [2.75, 3.05) is 19.0 Å². The standard InChI is InChI=1S/C13H16Cl3N3O3S/c1-3-22-12(20)19-10(13(14,15)16)18-11(23)17-8-6-4-5-7-9(8)21-2/h4-7,10H,3H2,1-2H3,(H,19,20)(H2,17,18,23)/t10-/m1/s1. The monoisotopic (exact) mass is 399 g/mol. The molecule has 6 nitrogen and oxygen atoms in total. The summed E-state index contributed by atoms with van der Waals surface area (Å²) in [6.45, 7) is 1.84. The number of ether oxygens (including phenoxy) is 2. The summed E-state index contributed by atoms with van der Waals surface area (Å²) in [6.07, 6.45) is -1.84. The Morgan fingerprint density at radius 3 is 2.52 bits per heavy atom. The van der Waals surface area contributed by atoms with Crippen molar-refractivity contribution < 1.29 is 14.3 Å². The highest BCUT2D eigenvalue weighted by molar-refractivity contribution is 7.80. The van der Waals surface area contributed by atoms with Crippen LogP contribution in [-0.4, -0.2) is 34.9 Å². The van der Waals surface area contributed by atoms with E-state index in [0.29, 0.717) is 11.4 Å². The molecule has 0 radical (unpaired) electrons. The molecule has 3 N–H and O–H groups in total. The first-order valence-corrected chi connectivity index (χ1v) is 8.02. The third-order valence-electron chi connectivity index (χ3n) is 2.50. The maximum atomic E-state index is 11.5. The molecular formula is C13H16Cl3N3O3S. The molecule has 1 atom stereocenters. The van der Waals surface area contributed by atoms with E-state index in [1.807, 2.05) is 6.07 Å². The molecule has 128 valence electrons. The number of alkyl halides is 3. The summed E-state index contributed by atoms with van der Waals surface area (Å²) >= 11 is 22.7. The van der Waals surface area contributed by atoms with Gasteiger partial charge in [0.2, 0.25) is 3.79 Å². The Kier molecular flexibility index (Phi) is 7.98. The van der Waals surface area contributed by atoms with Gasteiger partial charge in [-0.3, -0.25) is 5.32 Å². The number of para-hydroxylation sites is 2. The van der Waals surface area contributed by atoms with Gasteiger partial charge in [0, 0.05) is 0 Å². The number of carbonyl (C=O) groups is 1. The summed E-state index contributed by atoms with van der Waals surface area (Å²) in [4.78, 5) is 11.5. The van der Waals surface area contributed by atoms with Crippen molar-refractivity contribution in [1.82, 2.24) is 10.6 Å². The fourth-order valence-electron chi connectivity index (χ4n) is 1.53. The first kappa shape index (κ1) is 19.9. The van der Waals surface area contributed by atoms with Crippen LogP contribution in [0.5, 0.6) is 5.75 Å². The van der Waals surface area contributed by atoms with Gasteiger partial charge in [-0.2, -0.15) is 0 Å². The quantitative estimate of drug-likeness (QED) is 0.400. The van der Waals surface area contributed by atoms with Gasteiger partial charge in [0.1, 0.15) is 5.75 Å². The zero-order chi connectivity index (χ0) is 17.5. The lowest BCUT2D eigenvalue weighted by atomic mass is 10.3. The van der Waals surface area contributed by atoms with Crippen molar-refractivity contribution in [3.63, 3.8) is 0 Å². The third kappa shape index (κ3) is 6.87. The molecular weight excluding hydrogens is 385 g/mol. The van der Waals surface area contributed by atoms with Gasteiger partial charge in [0.05, 0.1) is 19.4 Å². The van der Waals surface area contributed by atoms with E-state index in [2.05, 4.69) is 16.0 Å². The second-order valence-electron chi connectivity index (χ2n) is 4.14. The van der Waals surface area contributed by atoms with Crippen LogP contribution in [0.4, 0.5) is 10.5 Å². The van der Waals surface area contributed by atoms with Gasteiger partial charge in [0.15, 0.2) is 11.3 Å². The van der Waals surface area contributed by atoms with Crippen LogP contribution in [0.25, 0.3) is 0 Å². The van der Waals surface area contributed by atoms with Crippen LogP contribution in [0, 0.1) is 0 Å². The number of rotatable bonds is 5. The van der Waals surface area contributed by atoms with Gasteiger partial charge in [-0.1, -0.05) is 46.9 Å². The second kappa shape index (κ2) is 9.22. The summed E-state index contributed by atoms with van der Waals surface area (Å²) in [6, 6.07) is 7.13. The van der Waals surface area contributed by atoms with Gasteiger partial charge in [-0.15, -0.1) is 0 Å². The van der Waals surface area contributed by atoms with Gasteiger partial charge in [-0.05, 0) is 31.3 Å². The van der Waals surface area contributed by atoms with Gasteiger partial charge < -0.3 is 20.1 Å². The van der Waals surface area contributed by atoms with Gasteiger partial charge in [0.25, 0.3) is 0 Å². The van der Waals surface area contributed by atoms with E-state index in [1.54, 1.807) is 25.1 Å². The maximum Gasteiger partial charge on any atom is 0.408 e. The molecule has 1 amide bonds. The minimum Gasteiger partial charge on any atom is -0.495 e. The molecule has 0 aliphatic rings. The minimum atomic E-state index is -1.85. The molecule has 0 spiro atoms. The van der Waals surface area contributed by atoms with Crippen LogP contribution < -0.4 is 20.7 Å².